The molecule has 1 aromatic carbocycles. The van der Waals surface area contributed by atoms with E-state index in [0.717, 1.165) is 6.07 Å². The Morgan fingerprint density at radius 2 is 2.13 bits per heavy atom. The Labute approximate surface area is 91.9 Å². The molecular weight excluding hydrogens is 224 g/mol. The molecule has 0 aromatic heterocycles. The standard InChI is InChI=1S/C8H10N2O4.ClH/c9-7(4-11)6-3-5(10(13)14)1-2-8(6)12;/h1-3,7,11-12H,4,9H2;1H/t7-;/m1./s1. The molecule has 1 aromatic rings. The number of halogens is 1. The summed E-state index contributed by atoms with van der Waals surface area (Å²) in [6, 6.07) is 2.69. The van der Waals surface area contributed by atoms with Gasteiger partial charge in [-0.15, -0.1) is 12.4 Å². The zero-order valence-corrected chi connectivity index (χ0v) is 8.48. The van der Waals surface area contributed by atoms with Crippen LogP contribution in [0.3, 0.4) is 0 Å². The Morgan fingerprint density at radius 1 is 1.53 bits per heavy atom. The fourth-order valence-electron chi connectivity index (χ4n) is 1.05. The highest BCUT2D eigenvalue weighted by Gasteiger charge is 2.14. The molecule has 6 nitrogen and oxygen atoms in total. The van der Waals surface area contributed by atoms with Crippen LogP contribution in [0.2, 0.25) is 0 Å². The molecule has 4 N–H and O–H groups in total. The van der Waals surface area contributed by atoms with Gasteiger partial charge in [-0.2, -0.15) is 0 Å². The van der Waals surface area contributed by atoms with Crippen molar-refractivity contribution >= 4 is 18.1 Å². The van der Waals surface area contributed by atoms with Crippen LogP contribution >= 0.6 is 12.4 Å². The number of non-ortho nitro benzene ring substituents is 1. The molecule has 0 saturated carbocycles. The Morgan fingerprint density at radius 3 is 2.60 bits per heavy atom. The van der Waals surface area contributed by atoms with Crippen molar-refractivity contribution in [3.8, 4) is 5.75 Å². The van der Waals surface area contributed by atoms with E-state index < -0.39 is 11.0 Å². The van der Waals surface area contributed by atoms with Crippen molar-refractivity contribution in [2.75, 3.05) is 6.61 Å². The minimum absolute atomic E-state index is 0. The van der Waals surface area contributed by atoms with Crippen LogP contribution in [-0.4, -0.2) is 21.7 Å². The number of nitro benzene ring substituents is 1. The summed E-state index contributed by atoms with van der Waals surface area (Å²) in [5.74, 6) is -0.155. The van der Waals surface area contributed by atoms with Crippen LogP contribution < -0.4 is 5.73 Å². The first-order valence-electron chi connectivity index (χ1n) is 3.90. The van der Waals surface area contributed by atoms with E-state index in [2.05, 4.69) is 0 Å². The first-order valence-corrected chi connectivity index (χ1v) is 3.90. The van der Waals surface area contributed by atoms with Gasteiger partial charge in [0.25, 0.3) is 5.69 Å². The van der Waals surface area contributed by atoms with Gasteiger partial charge in [-0.25, -0.2) is 0 Å². The van der Waals surface area contributed by atoms with Crippen LogP contribution in [-0.2, 0) is 0 Å². The van der Waals surface area contributed by atoms with Crippen molar-refractivity contribution < 1.29 is 15.1 Å². The van der Waals surface area contributed by atoms with Crippen molar-refractivity contribution in [1.29, 1.82) is 0 Å². The van der Waals surface area contributed by atoms with Crippen LogP contribution in [0, 0.1) is 10.1 Å². The van der Waals surface area contributed by atoms with Gasteiger partial charge >= 0.3 is 0 Å². The lowest BCUT2D eigenvalue weighted by Gasteiger charge is -2.09. The summed E-state index contributed by atoms with van der Waals surface area (Å²) >= 11 is 0. The Balaban J connectivity index is 0.00000196. The third-order valence-electron chi connectivity index (χ3n) is 1.82. The number of phenols is 1. The molecule has 7 heteroatoms. The van der Waals surface area contributed by atoms with Crippen LogP contribution in [0.1, 0.15) is 11.6 Å². The van der Waals surface area contributed by atoms with Gasteiger partial charge in [0, 0.05) is 17.7 Å². The lowest BCUT2D eigenvalue weighted by atomic mass is 10.1. The molecule has 0 amide bonds. The first-order chi connectivity index (χ1) is 6.56. The predicted molar refractivity (Wildman–Crippen MR) is 56.0 cm³/mol. The fraction of sp³-hybridized carbons (Fsp3) is 0.250. The molecule has 0 fully saturated rings. The molecule has 15 heavy (non-hydrogen) atoms. The second kappa shape index (κ2) is 5.50. The quantitative estimate of drug-likeness (QED) is 0.527. The number of nitrogens with two attached hydrogens (primary N) is 1. The fourth-order valence-corrected chi connectivity index (χ4v) is 1.05. The molecule has 0 bridgehead atoms. The number of nitro groups is 1. The van der Waals surface area contributed by atoms with E-state index in [1.165, 1.54) is 12.1 Å². The SMILES string of the molecule is Cl.N[C@H](CO)c1cc([N+](=O)[O-])ccc1O. The molecule has 84 valence electrons. The number of rotatable bonds is 3. The number of hydrogen-bond donors (Lipinski definition) is 3. The molecular formula is C8H11ClN2O4. The van der Waals surface area contributed by atoms with Crippen LogP contribution in [0.25, 0.3) is 0 Å². The van der Waals surface area contributed by atoms with Crippen LogP contribution in [0.5, 0.6) is 5.75 Å². The number of hydrogen-bond acceptors (Lipinski definition) is 5. The zero-order chi connectivity index (χ0) is 10.7. The van der Waals surface area contributed by atoms with Gasteiger partial charge in [0.05, 0.1) is 17.6 Å². The largest absolute Gasteiger partial charge is 0.508 e. The molecule has 0 aliphatic heterocycles. The van der Waals surface area contributed by atoms with Crippen molar-refractivity contribution in [1.82, 2.24) is 0 Å². The zero-order valence-electron chi connectivity index (χ0n) is 7.66. The van der Waals surface area contributed by atoms with Crippen molar-refractivity contribution in [2.24, 2.45) is 5.73 Å². The maximum Gasteiger partial charge on any atom is 0.270 e. The van der Waals surface area contributed by atoms with Gasteiger partial charge in [-0.05, 0) is 6.07 Å². The van der Waals surface area contributed by atoms with Gasteiger partial charge in [0.1, 0.15) is 5.75 Å². The maximum atomic E-state index is 10.4. The molecule has 1 rings (SSSR count). The maximum absolute atomic E-state index is 10.4. The molecule has 0 saturated heterocycles. The average molecular weight is 235 g/mol. The highest BCUT2D eigenvalue weighted by Crippen LogP contribution is 2.26. The smallest absolute Gasteiger partial charge is 0.270 e. The van der Waals surface area contributed by atoms with E-state index in [1.54, 1.807) is 0 Å². The van der Waals surface area contributed by atoms with E-state index in [4.69, 9.17) is 10.8 Å². The summed E-state index contributed by atoms with van der Waals surface area (Å²) in [5.41, 5.74) is 5.43. The van der Waals surface area contributed by atoms with E-state index in [1.807, 2.05) is 0 Å². The number of nitrogens with zero attached hydrogens (tertiary/aromatic N) is 1. The molecule has 0 spiro atoms. The molecule has 1 atom stereocenters. The monoisotopic (exact) mass is 234 g/mol. The van der Waals surface area contributed by atoms with Crippen molar-refractivity contribution in [3.63, 3.8) is 0 Å². The van der Waals surface area contributed by atoms with E-state index in [-0.39, 0.29) is 36.0 Å². The number of aliphatic hydroxyl groups is 1. The highest BCUT2D eigenvalue weighted by molar-refractivity contribution is 5.85. The van der Waals surface area contributed by atoms with Crippen LogP contribution in [0.4, 0.5) is 5.69 Å². The second-order valence-electron chi connectivity index (χ2n) is 2.79. The third kappa shape index (κ3) is 3.05. The lowest BCUT2D eigenvalue weighted by Crippen LogP contribution is -2.14. The summed E-state index contributed by atoms with van der Waals surface area (Å²) in [6.07, 6.45) is 0. The Kier molecular flexibility index (Phi) is 4.99. The summed E-state index contributed by atoms with van der Waals surface area (Å²) in [5, 5.41) is 28.4. The number of phenolic OH excluding ortho intramolecular Hbond substituents is 1. The molecule has 0 aliphatic carbocycles. The van der Waals surface area contributed by atoms with E-state index in [9.17, 15) is 15.2 Å². The lowest BCUT2D eigenvalue weighted by molar-refractivity contribution is -0.385. The average Bonchev–Trinajstić information content (AvgIpc) is 2.17. The van der Waals surface area contributed by atoms with Gasteiger partial charge in [-0.3, -0.25) is 10.1 Å². The number of aromatic hydroxyl groups is 1. The number of benzene rings is 1. The van der Waals surface area contributed by atoms with Gasteiger partial charge < -0.3 is 15.9 Å². The summed E-state index contributed by atoms with van der Waals surface area (Å²) < 4.78 is 0. The first kappa shape index (κ1) is 13.6. The van der Waals surface area contributed by atoms with Crippen molar-refractivity contribution in [2.45, 2.75) is 6.04 Å². The van der Waals surface area contributed by atoms with Crippen molar-refractivity contribution in [3.05, 3.63) is 33.9 Å². The molecule has 0 heterocycles. The summed E-state index contributed by atoms with van der Waals surface area (Å²) in [6.45, 7) is -0.380. The summed E-state index contributed by atoms with van der Waals surface area (Å²) in [7, 11) is 0. The number of aliphatic hydroxyl groups excluding tert-OH is 1. The van der Waals surface area contributed by atoms with E-state index >= 15 is 0 Å². The minimum atomic E-state index is -0.810. The van der Waals surface area contributed by atoms with E-state index in [0.29, 0.717) is 0 Å². The highest BCUT2D eigenvalue weighted by atomic mass is 35.5. The molecule has 0 radical (unpaired) electrons. The molecule has 0 unspecified atom stereocenters. The predicted octanol–water partition coefficient (Wildman–Crippen LogP) is 0.714. The Hall–Kier alpha value is -1.37. The normalized spacial score (nSPS) is 11.6. The van der Waals surface area contributed by atoms with Crippen LogP contribution in [0.15, 0.2) is 18.2 Å². The molecule has 0 aliphatic rings. The third-order valence-corrected chi connectivity index (χ3v) is 1.82. The van der Waals surface area contributed by atoms with Gasteiger partial charge in [0.15, 0.2) is 0 Å². The minimum Gasteiger partial charge on any atom is -0.508 e. The summed E-state index contributed by atoms with van der Waals surface area (Å²) in [4.78, 5) is 9.81. The second-order valence-corrected chi connectivity index (χ2v) is 2.79. The Bertz CT molecular complexity index is 358. The van der Waals surface area contributed by atoms with Gasteiger partial charge in [0.2, 0.25) is 0 Å². The van der Waals surface area contributed by atoms with Gasteiger partial charge in [-0.1, -0.05) is 0 Å². The topological polar surface area (TPSA) is 110 Å².